The zero-order chi connectivity index (χ0) is 16.4. The Morgan fingerprint density at radius 3 is 2.45 bits per heavy atom. The van der Waals surface area contributed by atoms with E-state index < -0.39 is 5.97 Å². The lowest BCUT2D eigenvalue weighted by molar-refractivity contribution is -0.138. The molecule has 1 N–H and O–H groups in total. The van der Waals surface area contributed by atoms with Gasteiger partial charge in [-0.25, -0.2) is 0 Å². The Kier molecular flexibility index (Phi) is 8.04. The molecule has 122 valence electrons. The predicted octanol–water partition coefficient (Wildman–Crippen LogP) is 2.73. The first-order valence-corrected chi connectivity index (χ1v) is 7.70. The number of carbonyl (C=O) groups is 2. The molecular weight excluding hydrogens is 282 g/mol. The van der Waals surface area contributed by atoms with Crippen molar-refractivity contribution in [3.63, 3.8) is 0 Å². The molecule has 0 fully saturated rings. The molecule has 0 radical (unpaired) electrons. The van der Waals surface area contributed by atoms with E-state index in [2.05, 4.69) is 6.92 Å². The molecule has 1 aromatic carbocycles. The summed E-state index contributed by atoms with van der Waals surface area (Å²) >= 11 is 0. The van der Waals surface area contributed by atoms with E-state index in [0.717, 1.165) is 17.7 Å². The summed E-state index contributed by atoms with van der Waals surface area (Å²) in [5.41, 5.74) is 1.09. The number of carboxylic acids is 1. The molecule has 0 aliphatic heterocycles. The van der Waals surface area contributed by atoms with Crippen LogP contribution in [-0.4, -0.2) is 42.1 Å². The lowest BCUT2D eigenvalue weighted by atomic mass is 10.1. The summed E-state index contributed by atoms with van der Waals surface area (Å²) in [5, 5.41) is 8.58. The van der Waals surface area contributed by atoms with Gasteiger partial charge in [-0.05, 0) is 37.0 Å². The number of carboxylic acid groups (broad SMARTS) is 1. The van der Waals surface area contributed by atoms with E-state index in [4.69, 9.17) is 9.84 Å². The highest BCUT2D eigenvalue weighted by Crippen LogP contribution is 2.14. The Morgan fingerprint density at radius 1 is 1.18 bits per heavy atom. The van der Waals surface area contributed by atoms with Crippen LogP contribution in [0.2, 0.25) is 0 Å². The number of rotatable bonds is 10. The summed E-state index contributed by atoms with van der Waals surface area (Å²) in [6, 6.07) is 7.80. The van der Waals surface area contributed by atoms with Crippen LogP contribution in [0.1, 0.15) is 38.2 Å². The van der Waals surface area contributed by atoms with Crippen molar-refractivity contribution in [2.75, 3.05) is 20.2 Å². The first-order chi connectivity index (χ1) is 10.5. The van der Waals surface area contributed by atoms with Crippen molar-refractivity contribution in [2.24, 2.45) is 0 Å². The molecule has 0 aromatic heterocycles. The first-order valence-electron chi connectivity index (χ1n) is 7.70. The van der Waals surface area contributed by atoms with Gasteiger partial charge < -0.3 is 14.7 Å². The molecule has 0 unspecified atom stereocenters. The lowest BCUT2D eigenvalue weighted by Gasteiger charge is -2.16. The van der Waals surface area contributed by atoms with Gasteiger partial charge in [-0.3, -0.25) is 9.59 Å². The van der Waals surface area contributed by atoms with Gasteiger partial charge >= 0.3 is 5.97 Å². The Labute approximate surface area is 131 Å². The summed E-state index contributed by atoms with van der Waals surface area (Å²) in [4.78, 5) is 24.0. The van der Waals surface area contributed by atoms with Crippen LogP contribution in [0.3, 0.4) is 0 Å². The van der Waals surface area contributed by atoms with E-state index in [9.17, 15) is 9.59 Å². The van der Waals surface area contributed by atoms with Gasteiger partial charge in [-0.1, -0.05) is 19.1 Å². The van der Waals surface area contributed by atoms with E-state index in [1.54, 1.807) is 11.9 Å². The second-order valence-electron chi connectivity index (χ2n) is 5.30. The van der Waals surface area contributed by atoms with Gasteiger partial charge in [0.15, 0.2) is 0 Å². The SMILES string of the molecule is CCCOc1ccc(CCC(=O)N(C)CCCC(=O)O)cc1. The number of aryl methyl sites for hydroxylation is 1. The Balaban J connectivity index is 2.32. The fraction of sp³-hybridized carbons (Fsp3) is 0.529. The van der Waals surface area contributed by atoms with Crippen molar-refractivity contribution in [1.82, 2.24) is 4.90 Å². The fourth-order valence-electron chi connectivity index (χ4n) is 2.01. The molecule has 0 aliphatic carbocycles. The minimum absolute atomic E-state index is 0.0386. The Hall–Kier alpha value is -2.04. The van der Waals surface area contributed by atoms with Crippen LogP contribution in [0.25, 0.3) is 0 Å². The van der Waals surface area contributed by atoms with Gasteiger partial charge in [0, 0.05) is 26.4 Å². The second kappa shape index (κ2) is 9.82. The van der Waals surface area contributed by atoms with Crippen LogP contribution in [-0.2, 0) is 16.0 Å². The summed E-state index contributed by atoms with van der Waals surface area (Å²) in [7, 11) is 1.71. The largest absolute Gasteiger partial charge is 0.494 e. The first kappa shape index (κ1) is 18.0. The number of aliphatic carboxylic acids is 1. The number of carbonyl (C=O) groups excluding carboxylic acids is 1. The summed E-state index contributed by atoms with van der Waals surface area (Å²) < 4.78 is 5.51. The van der Waals surface area contributed by atoms with Crippen LogP contribution in [0.5, 0.6) is 5.75 Å². The highest BCUT2D eigenvalue weighted by molar-refractivity contribution is 5.76. The number of benzene rings is 1. The zero-order valence-electron chi connectivity index (χ0n) is 13.4. The summed E-state index contributed by atoms with van der Waals surface area (Å²) in [5.74, 6) is 0.0608. The summed E-state index contributed by atoms with van der Waals surface area (Å²) in [6.45, 7) is 3.25. The smallest absolute Gasteiger partial charge is 0.303 e. The minimum Gasteiger partial charge on any atom is -0.494 e. The van der Waals surface area contributed by atoms with Crippen molar-refractivity contribution in [3.05, 3.63) is 29.8 Å². The van der Waals surface area contributed by atoms with Crippen LogP contribution in [0, 0.1) is 0 Å². The fourth-order valence-corrected chi connectivity index (χ4v) is 2.01. The molecule has 1 aromatic rings. The molecule has 22 heavy (non-hydrogen) atoms. The third-order valence-corrected chi connectivity index (χ3v) is 3.33. The van der Waals surface area contributed by atoms with Crippen LogP contribution < -0.4 is 4.74 Å². The minimum atomic E-state index is -0.828. The molecule has 0 heterocycles. The molecule has 1 rings (SSSR count). The van der Waals surface area contributed by atoms with Gasteiger partial charge in [0.05, 0.1) is 6.61 Å². The van der Waals surface area contributed by atoms with E-state index >= 15 is 0 Å². The molecule has 5 nitrogen and oxygen atoms in total. The number of amides is 1. The van der Waals surface area contributed by atoms with Crippen molar-refractivity contribution < 1.29 is 19.4 Å². The third-order valence-electron chi connectivity index (χ3n) is 3.33. The maximum Gasteiger partial charge on any atom is 0.303 e. The number of hydrogen-bond acceptors (Lipinski definition) is 3. The van der Waals surface area contributed by atoms with Crippen molar-refractivity contribution in [2.45, 2.75) is 39.0 Å². The monoisotopic (exact) mass is 307 g/mol. The van der Waals surface area contributed by atoms with Gasteiger partial charge in [-0.2, -0.15) is 0 Å². The number of ether oxygens (including phenoxy) is 1. The maximum atomic E-state index is 12.0. The van der Waals surface area contributed by atoms with Crippen LogP contribution in [0.15, 0.2) is 24.3 Å². The van der Waals surface area contributed by atoms with Crippen molar-refractivity contribution in [3.8, 4) is 5.75 Å². The van der Waals surface area contributed by atoms with Crippen molar-refractivity contribution >= 4 is 11.9 Å². The van der Waals surface area contributed by atoms with Gasteiger partial charge in [-0.15, -0.1) is 0 Å². The molecule has 0 saturated heterocycles. The van der Waals surface area contributed by atoms with Gasteiger partial charge in [0.25, 0.3) is 0 Å². The van der Waals surface area contributed by atoms with Crippen LogP contribution in [0.4, 0.5) is 0 Å². The van der Waals surface area contributed by atoms with E-state index in [1.165, 1.54) is 0 Å². The van der Waals surface area contributed by atoms with E-state index in [-0.39, 0.29) is 12.3 Å². The third kappa shape index (κ3) is 7.11. The topological polar surface area (TPSA) is 66.8 Å². The Morgan fingerprint density at radius 2 is 1.86 bits per heavy atom. The average molecular weight is 307 g/mol. The Bertz CT molecular complexity index is 470. The van der Waals surface area contributed by atoms with Gasteiger partial charge in [0.1, 0.15) is 5.75 Å². The number of nitrogens with zero attached hydrogens (tertiary/aromatic N) is 1. The molecule has 0 aliphatic rings. The lowest BCUT2D eigenvalue weighted by Crippen LogP contribution is -2.28. The highest BCUT2D eigenvalue weighted by Gasteiger charge is 2.09. The van der Waals surface area contributed by atoms with Crippen molar-refractivity contribution in [1.29, 1.82) is 0 Å². The van der Waals surface area contributed by atoms with E-state index in [0.29, 0.717) is 32.4 Å². The zero-order valence-corrected chi connectivity index (χ0v) is 13.4. The highest BCUT2D eigenvalue weighted by atomic mass is 16.5. The molecule has 0 saturated carbocycles. The van der Waals surface area contributed by atoms with Gasteiger partial charge in [0.2, 0.25) is 5.91 Å². The van der Waals surface area contributed by atoms with E-state index in [1.807, 2.05) is 24.3 Å². The molecule has 0 bridgehead atoms. The quantitative estimate of drug-likeness (QED) is 0.722. The maximum absolute atomic E-state index is 12.0. The molecule has 1 amide bonds. The second-order valence-corrected chi connectivity index (χ2v) is 5.30. The normalized spacial score (nSPS) is 10.3. The summed E-state index contributed by atoms with van der Waals surface area (Å²) in [6.07, 6.45) is 2.66. The molecule has 5 heteroatoms. The molecule has 0 atom stereocenters. The van der Waals surface area contributed by atoms with Crippen LogP contribution >= 0.6 is 0 Å². The average Bonchev–Trinajstić information content (AvgIpc) is 2.51. The molecular formula is C17H25NO4. The predicted molar refractivity (Wildman–Crippen MR) is 85.1 cm³/mol. The standard InChI is InChI=1S/C17H25NO4/c1-3-13-22-15-9-6-14(7-10-15)8-11-16(19)18(2)12-4-5-17(20)21/h6-7,9-10H,3-5,8,11-13H2,1-2H3,(H,20,21). The molecule has 0 spiro atoms. The number of hydrogen-bond donors (Lipinski definition) is 1.